The van der Waals surface area contributed by atoms with Crippen LogP contribution in [0.1, 0.15) is 17.7 Å². The van der Waals surface area contributed by atoms with E-state index in [0.717, 1.165) is 17.1 Å². The van der Waals surface area contributed by atoms with Gasteiger partial charge in [0.05, 0.1) is 5.92 Å². The van der Waals surface area contributed by atoms with Gasteiger partial charge in [-0.3, -0.25) is 9.59 Å². The lowest BCUT2D eigenvalue weighted by atomic mass is 10.1. The van der Waals surface area contributed by atoms with Crippen molar-refractivity contribution in [2.24, 2.45) is 5.92 Å². The number of hydrogen-bond acceptors (Lipinski definition) is 6. The summed E-state index contributed by atoms with van der Waals surface area (Å²) in [6.45, 7) is 5.24. The Kier molecular flexibility index (Phi) is 6.83. The molecule has 0 bridgehead atoms. The predicted octanol–water partition coefficient (Wildman–Crippen LogP) is 3.42. The quantitative estimate of drug-likeness (QED) is 0.461. The van der Waals surface area contributed by atoms with Crippen LogP contribution in [0.2, 0.25) is 0 Å². The number of nitrogens with one attached hydrogen (secondary N) is 3. The molecule has 1 aliphatic rings. The van der Waals surface area contributed by atoms with Gasteiger partial charge in [0.2, 0.25) is 17.8 Å². The van der Waals surface area contributed by atoms with E-state index in [-0.39, 0.29) is 24.2 Å². The highest BCUT2D eigenvalue weighted by Crippen LogP contribution is 2.24. The van der Waals surface area contributed by atoms with E-state index in [9.17, 15) is 9.59 Å². The standard InChI is InChI=1S/C25H28N6O2/c1-17-8-10-20(11-9-17)29-22-14-18(2)28-25(30-22)27-13-12-26-24(33)19-15-23(32)31(16-19)21-6-4-3-5-7-21/h3-11,14,19H,12-13,15-16H2,1-2H3,(H,26,33)(H2,27,28,29,30). The number of hydrogen-bond donors (Lipinski definition) is 3. The lowest BCUT2D eigenvalue weighted by Gasteiger charge is -2.16. The van der Waals surface area contributed by atoms with E-state index in [1.165, 1.54) is 5.56 Å². The Morgan fingerprint density at radius 2 is 1.79 bits per heavy atom. The molecule has 0 saturated carbocycles. The lowest BCUT2D eigenvalue weighted by molar-refractivity contribution is -0.126. The Balaban J connectivity index is 1.26. The van der Waals surface area contributed by atoms with Crippen LogP contribution in [-0.4, -0.2) is 41.4 Å². The molecule has 1 aliphatic heterocycles. The third-order valence-corrected chi connectivity index (χ3v) is 5.45. The molecular formula is C25H28N6O2. The van der Waals surface area contributed by atoms with Crippen LogP contribution in [0.4, 0.5) is 23.1 Å². The summed E-state index contributed by atoms with van der Waals surface area (Å²) in [5.41, 5.74) is 3.80. The maximum atomic E-state index is 12.6. The van der Waals surface area contributed by atoms with Crippen molar-refractivity contribution in [2.45, 2.75) is 20.3 Å². The molecule has 1 unspecified atom stereocenters. The molecule has 0 aliphatic carbocycles. The Hall–Kier alpha value is -3.94. The second-order valence-corrected chi connectivity index (χ2v) is 8.17. The van der Waals surface area contributed by atoms with Gasteiger partial charge in [0.25, 0.3) is 0 Å². The molecule has 3 aromatic rings. The molecule has 0 spiro atoms. The summed E-state index contributed by atoms with van der Waals surface area (Å²) >= 11 is 0. The van der Waals surface area contributed by atoms with Crippen LogP contribution in [0.15, 0.2) is 60.7 Å². The zero-order chi connectivity index (χ0) is 23.2. The zero-order valence-electron chi connectivity index (χ0n) is 18.8. The topological polar surface area (TPSA) is 99.2 Å². The molecular weight excluding hydrogens is 416 g/mol. The fraction of sp³-hybridized carbons (Fsp3) is 0.280. The molecule has 8 heteroatoms. The van der Waals surface area contributed by atoms with Crippen molar-refractivity contribution >= 4 is 35.0 Å². The summed E-state index contributed by atoms with van der Waals surface area (Å²) in [6.07, 6.45) is 0.225. The average molecular weight is 445 g/mol. The maximum absolute atomic E-state index is 12.6. The Morgan fingerprint density at radius 3 is 2.55 bits per heavy atom. The Bertz CT molecular complexity index is 1120. The maximum Gasteiger partial charge on any atom is 0.227 e. The van der Waals surface area contributed by atoms with Crippen molar-refractivity contribution in [1.82, 2.24) is 15.3 Å². The van der Waals surface area contributed by atoms with Gasteiger partial charge in [-0.1, -0.05) is 35.9 Å². The van der Waals surface area contributed by atoms with Gasteiger partial charge in [0, 0.05) is 49.2 Å². The van der Waals surface area contributed by atoms with E-state index in [4.69, 9.17) is 0 Å². The van der Waals surface area contributed by atoms with Crippen molar-refractivity contribution in [3.8, 4) is 0 Å². The normalized spacial score (nSPS) is 15.4. The fourth-order valence-electron chi connectivity index (χ4n) is 3.74. The number of anilines is 4. The second-order valence-electron chi connectivity index (χ2n) is 8.17. The van der Waals surface area contributed by atoms with Crippen LogP contribution in [0.25, 0.3) is 0 Å². The third kappa shape index (κ3) is 5.85. The van der Waals surface area contributed by atoms with Crippen molar-refractivity contribution in [1.29, 1.82) is 0 Å². The first-order valence-corrected chi connectivity index (χ1v) is 11.0. The monoisotopic (exact) mass is 444 g/mol. The summed E-state index contributed by atoms with van der Waals surface area (Å²) in [7, 11) is 0. The summed E-state index contributed by atoms with van der Waals surface area (Å²) < 4.78 is 0. The number of nitrogens with zero attached hydrogens (tertiary/aromatic N) is 3. The molecule has 3 N–H and O–H groups in total. The number of benzene rings is 2. The lowest BCUT2D eigenvalue weighted by Crippen LogP contribution is -2.35. The number of amides is 2. The zero-order valence-corrected chi connectivity index (χ0v) is 18.8. The summed E-state index contributed by atoms with van der Waals surface area (Å²) in [4.78, 5) is 35.5. The number of carbonyl (C=O) groups excluding carboxylic acids is 2. The van der Waals surface area contributed by atoms with Crippen LogP contribution in [-0.2, 0) is 9.59 Å². The summed E-state index contributed by atoms with van der Waals surface area (Å²) in [5, 5.41) is 9.35. The van der Waals surface area contributed by atoms with Gasteiger partial charge in [0.15, 0.2) is 0 Å². The predicted molar refractivity (Wildman–Crippen MR) is 130 cm³/mol. The molecule has 1 atom stereocenters. The highest BCUT2D eigenvalue weighted by molar-refractivity contribution is 6.00. The first-order valence-electron chi connectivity index (χ1n) is 11.0. The van der Waals surface area contributed by atoms with Gasteiger partial charge in [-0.05, 0) is 38.1 Å². The Labute approximate surface area is 193 Å². The van der Waals surface area contributed by atoms with Crippen molar-refractivity contribution in [3.05, 3.63) is 71.9 Å². The molecule has 4 rings (SSSR count). The molecule has 1 aromatic heterocycles. The summed E-state index contributed by atoms with van der Waals surface area (Å²) in [5.74, 6) is 0.698. The first-order chi connectivity index (χ1) is 16.0. The van der Waals surface area contributed by atoms with Crippen molar-refractivity contribution < 1.29 is 9.59 Å². The number of carbonyl (C=O) groups is 2. The van der Waals surface area contributed by atoms with E-state index in [0.29, 0.717) is 31.4 Å². The van der Waals surface area contributed by atoms with Crippen LogP contribution in [0.3, 0.4) is 0 Å². The van der Waals surface area contributed by atoms with Crippen LogP contribution in [0, 0.1) is 19.8 Å². The Morgan fingerprint density at radius 1 is 1.03 bits per heavy atom. The van der Waals surface area contributed by atoms with Gasteiger partial charge < -0.3 is 20.9 Å². The van der Waals surface area contributed by atoms with E-state index in [1.807, 2.05) is 74.5 Å². The van der Waals surface area contributed by atoms with Crippen molar-refractivity contribution in [3.63, 3.8) is 0 Å². The molecule has 170 valence electrons. The molecule has 2 heterocycles. The number of rotatable bonds is 8. The number of aryl methyl sites for hydroxylation is 2. The van der Waals surface area contributed by atoms with Crippen LogP contribution >= 0.6 is 0 Å². The summed E-state index contributed by atoms with van der Waals surface area (Å²) in [6, 6.07) is 19.4. The highest BCUT2D eigenvalue weighted by atomic mass is 16.2. The minimum Gasteiger partial charge on any atom is -0.354 e. The molecule has 1 saturated heterocycles. The average Bonchev–Trinajstić information content (AvgIpc) is 3.20. The minimum atomic E-state index is -0.349. The molecule has 0 radical (unpaired) electrons. The van der Waals surface area contributed by atoms with E-state index >= 15 is 0 Å². The molecule has 1 fully saturated rings. The number of para-hydroxylation sites is 1. The first kappa shape index (κ1) is 22.3. The van der Waals surface area contributed by atoms with E-state index in [2.05, 4.69) is 25.9 Å². The molecule has 2 aromatic carbocycles. The van der Waals surface area contributed by atoms with Crippen molar-refractivity contribution in [2.75, 3.05) is 35.2 Å². The van der Waals surface area contributed by atoms with Gasteiger partial charge in [-0.15, -0.1) is 0 Å². The molecule has 8 nitrogen and oxygen atoms in total. The molecule has 33 heavy (non-hydrogen) atoms. The molecule has 2 amide bonds. The van der Waals surface area contributed by atoms with Gasteiger partial charge in [0.1, 0.15) is 5.82 Å². The largest absolute Gasteiger partial charge is 0.354 e. The van der Waals surface area contributed by atoms with Gasteiger partial charge in [-0.25, -0.2) is 4.98 Å². The van der Waals surface area contributed by atoms with Crippen LogP contribution < -0.4 is 20.9 Å². The fourth-order valence-corrected chi connectivity index (χ4v) is 3.74. The highest BCUT2D eigenvalue weighted by Gasteiger charge is 2.34. The van der Waals surface area contributed by atoms with Gasteiger partial charge in [-0.2, -0.15) is 4.98 Å². The van der Waals surface area contributed by atoms with E-state index < -0.39 is 0 Å². The number of aromatic nitrogens is 2. The minimum absolute atomic E-state index is 0.0266. The second kappa shape index (κ2) is 10.1. The smallest absolute Gasteiger partial charge is 0.227 e. The van der Waals surface area contributed by atoms with Gasteiger partial charge >= 0.3 is 0 Å². The van der Waals surface area contributed by atoms with E-state index in [1.54, 1.807) is 4.90 Å². The SMILES string of the molecule is Cc1ccc(Nc2cc(C)nc(NCCNC(=O)C3CC(=O)N(c4ccccc4)C3)n2)cc1. The third-order valence-electron chi connectivity index (χ3n) is 5.45. The van der Waals surface area contributed by atoms with Crippen LogP contribution in [0.5, 0.6) is 0 Å².